The number of amides is 3. The van der Waals surface area contributed by atoms with E-state index in [9.17, 15) is 14.4 Å². The molecule has 7 nitrogen and oxygen atoms in total. The van der Waals surface area contributed by atoms with E-state index >= 15 is 0 Å². The first-order chi connectivity index (χ1) is 12.1. The zero-order chi connectivity index (χ0) is 19.5. The molecule has 0 saturated heterocycles. The number of rotatable bonds is 7. The van der Waals surface area contributed by atoms with Crippen molar-refractivity contribution in [2.45, 2.75) is 58.5 Å². The summed E-state index contributed by atoms with van der Waals surface area (Å²) in [5.74, 6) is -0.371. The van der Waals surface area contributed by atoms with E-state index in [0.29, 0.717) is 18.0 Å². The first-order valence-electron chi connectivity index (χ1n) is 8.80. The minimum Gasteiger partial charge on any atom is -0.481 e. The molecule has 2 atom stereocenters. The topological polar surface area (TPSA) is 98.7 Å². The van der Waals surface area contributed by atoms with Crippen LogP contribution in [0.15, 0.2) is 24.3 Å². The van der Waals surface area contributed by atoms with Crippen LogP contribution in [0.3, 0.4) is 0 Å². The molecule has 0 aromatic heterocycles. The van der Waals surface area contributed by atoms with E-state index in [1.165, 1.54) is 0 Å². The number of carboxylic acids is 1. The van der Waals surface area contributed by atoms with E-state index in [4.69, 9.17) is 5.11 Å². The van der Waals surface area contributed by atoms with E-state index in [0.717, 1.165) is 12.1 Å². The lowest BCUT2D eigenvalue weighted by atomic mass is 9.99. The number of carboxylic acid groups (broad SMARTS) is 1. The summed E-state index contributed by atoms with van der Waals surface area (Å²) in [6.07, 6.45) is 1.33. The third-order valence-electron chi connectivity index (χ3n) is 4.56. The van der Waals surface area contributed by atoms with Crippen molar-refractivity contribution in [3.05, 3.63) is 24.3 Å². The first kappa shape index (κ1) is 19.8. The summed E-state index contributed by atoms with van der Waals surface area (Å²) in [7, 11) is 0. The molecule has 1 fully saturated rings. The summed E-state index contributed by atoms with van der Waals surface area (Å²) in [6, 6.07) is 7.00. The Labute approximate surface area is 153 Å². The number of hydrogen-bond donors (Lipinski definition) is 3. The lowest BCUT2D eigenvalue weighted by Crippen LogP contribution is -2.45. The number of urea groups is 1. The molecule has 0 bridgehead atoms. The molecule has 3 amide bonds. The van der Waals surface area contributed by atoms with Gasteiger partial charge in [0, 0.05) is 36.3 Å². The van der Waals surface area contributed by atoms with Gasteiger partial charge in [-0.05, 0) is 56.9 Å². The fourth-order valence-electron chi connectivity index (χ4n) is 2.93. The van der Waals surface area contributed by atoms with Crippen molar-refractivity contribution in [3.63, 3.8) is 0 Å². The Hall–Kier alpha value is -2.57. The van der Waals surface area contributed by atoms with Crippen LogP contribution in [0.2, 0.25) is 0 Å². The minimum atomic E-state index is -0.893. The second-order valence-corrected chi connectivity index (χ2v) is 7.57. The number of nitrogens with one attached hydrogen (secondary N) is 2. The predicted molar refractivity (Wildman–Crippen MR) is 100 cm³/mol. The van der Waals surface area contributed by atoms with Crippen molar-refractivity contribution in [2.24, 2.45) is 5.92 Å². The zero-order valence-corrected chi connectivity index (χ0v) is 15.7. The maximum atomic E-state index is 12.1. The van der Waals surface area contributed by atoms with E-state index < -0.39 is 17.5 Å². The van der Waals surface area contributed by atoms with Gasteiger partial charge >= 0.3 is 12.0 Å². The van der Waals surface area contributed by atoms with Crippen molar-refractivity contribution in [1.29, 1.82) is 0 Å². The standard InChI is InChI=1S/C19H27N3O4/c1-12-11-16(12)22(13(2)23)15-7-5-14(6-8-15)20-18(26)21-19(3,4)10-9-17(24)25/h5-8,12,16H,9-11H2,1-4H3,(H,24,25)(H2,20,21,26). The van der Waals surface area contributed by atoms with Crippen LogP contribution >= 0.6 is 0 Å². The van der Waals surface area contributed by atoms with E-state index in [1.54, 1.807) is 37.8 Å². The van der Waals surface area contributed by atoms with Gasteiger partial charge in [-0.15, -0.1) is 0 Å². The van der Waals surface area contributed by atoms with Crippen LogP contribution in [-0.4, -0.2) is 34.6 Å². The number of aliphatic carboxylic acids is 1. The number of carbonyl (C=O) groups excluding carboxylic acids is 2. The SMILES string of the molecule is CC(=O)N(c1ccc(NC(=O)NC(C)(C)CCC(=O)O)cc1)C1CC1C. The Kier molecular flexibility index (Phi) is 5.90. The third-order valence-corrected chi connectivity index (χ3v) is 4.56. The van der Waals surface area contributed by atoms with Gasteiger partial charge in [0.2, 0.25) is 5.91 Å². The highest BCUT2D eigenvalue weighted by molar-refractivity contribution is 5.94. The molecule has 7 heteroatoms. The monoisotopic (exact) mass is 361 g/mol. The summed E-state index contributed by atoms with van der Waals surface area (Å²) in [5.41, 5.74) is 0.794. The number of nitrogens with zero attached hydrogens (tertiary/aromatic N) is 1. The van der Waals surface area contributed by atoms with Crippen LogP contribution < -0.4 is 15.5 Å². The van der Waals surface area contributed by atoms with Gasteiger partial charge in [-0.2, -0.15) is 0 Å². The summed E-state index contributed by atoms with van der Waals surface area (Å²) in [6.45, 7) is 7.23. The Balaban J connectivity index is 1.95. The van der Waals surface area contributed by atoms with Gasteiger partial charge in [0.05, 0.1) is 0 Å². The Morgan fingerprint density at radius 1 is 1.23 bits per heavy atom. The molecule has 3 N–H and O–H groups in total. The molecule has 2 rings (SSSR count). The van der Waals surface area contributed by atoms with Gasteiger partial charge in [-0.1, -0.05) is 6.92 Å². The summed E-state index contributed by atoms with van der Waals surface area (Å²) in [4.78, 5) is 36.5. The van der Waals surface area contributed by atoms with Crippen molar-refractivity contribution >= 4 is 29.3 Å². The van der Waals surface area contributed by atoms with Gasteiger partial charge in [-0.3, -0.25) is 9.59 Å². The fraction of sp³-hybridized carbons (Fsp3) is 0.526. The minimum absolute atomic E-state index is 0.0115. The van der Waals surface area contributed by atoms with Gasteiger partial charge < -0.3 is 20.6 Å². The highest BCUT2D eigenvalue weighted by atomic mass is 16.4. The molecular formula is C19H27N3O4. The average Bonchev–Trinajstić information content (AvgIpc) is 3.22. The number of carbonyl (C=O) groups is 3. The smallest absolute Gasteiger partial charge is 0.319 e. The molecule has 0 aliphatic heterocycles. The maximum absolute atomic E-state index is 12.1. The zero-order valence-electron chi connectivity index (χ0n) is 15.7. The number of anilines is 2. The fourth-order valence-corrected chi connectivity index (χ4v) is 2.93. The van der Waals surface area contributed by atoms with Crippen molar-refractivity contribution < 1.29 is 19.5 Å². The Bertz CT molecular complexity index is 685. The van der Waals surface area contributed by atoms with Crippen molar-refractivity contribution in [2.75, 3.05) is 10.2 Å². The van der Waals surface area contributed by atoms with Crippen LogP contribution in [0.1, 0.15) is 47.0 Å². The third kappa shape index (κ3) is 5.47. The molecule has 1 aliphatic carbocycles. The molecule has 0 spiro atoms. The second-order valence-electron chi connectivity index (χ2n) is 7.57. The van der Waals surface area contributed by atoms with Gasteiger partial charge in [0.1, 0.15) is 0 Å². The van der Waals surface area contributed by atoms with Crippen LogP contribution in [0.25, 0.3) is 0 Å². The molecule has 26 heavy (non-hydrogen) atoms. The maximum Gasteiger partial charge on any atom is 0.319 e. The van der Waals surface area contributed by atoms with Crippen molar-refractivity contribution in [3.8, 4) is 0 Å². The number of hydrogen-bond acceptors (Lipinski definition) is 3. The largest absolute Gasteiger partial charge is 0.481 e. The van der Waals surface area contributed by atoms with Gasteiger partial charge in [0.25, 0.3) is 0 Å². The first-order valence-corrected chi connectivity index (χ1v) is 8.80. The molecule has 1 aromatic carbocycles. The second kappa shape index (κ2) is 7.76. The lowest BCUT2D eigenvalue weighted by Gasteiger charge is -2.26. The molecule has 142 valence electrons. The van der Waals surface area contributed by atoms with Crippen molar-refractivity contribution in [1.82, 2.24) is 5.32 Å². The summed E-state index contributed by atoms with van der Waals surface area (Å²) >= 11 is 0. The quantitative estimate of drug-likeness (QED) is 0.694. The average molecular weight is 361 g/mol. The van der Waals surface area contributed by atoms with E-state index in [1.807, 2.05) is 12.1 Å². The van der Waals surface area contributed by atoms with Gasteiger partial charge in [0.15, 0.2) is 0 Å². The molecule has 0 radical (unpaired) electrons. The van der Waals surface area contributed by atoms with Crippen LogP contribution in [0.5, 0.6) is 0 Å². The molecule has 0 heterocycles. The normalized spacial score (nSPS) is 18.8. The summed E-state index contributed by atoms with van der Waals surface area (Å²) in [5, 5.41) is 14.3. The molecule has 1 aliphatic rings. The summed E-state index contributed by atoms with van der Waals surface area (Å²) < 4.78 is 0. The van der Waals surface area contributed by atoms with Crippen LogP contribution in [0, 0.1) is 5.92 Å². The highest BCUT2D eigenvalue weighted by Crippen LogP contribution is 2.38. The Morgan fingerprint density at radius 2 is 1.81 bits per heavy atom. The number of benzene rings is 1. The predicted octanol–water partition coefficient (Wildman–Crippen LogP) is 3.21. The van der Waals surface area contributed by atoms with Gasteiger partial charge in [-0.25, -0.2) is 4.79 Å². The van der Waals surface area contributed by atoms with Crippen LogP contribution in [0.4, 0.5) is 16.2 Å². The molecule has 2 unspecified atom stereocenters. The highest BCUT2D eigenvalue weighted by Gasteiger charge is 2.40. The molecule has 1 saturated carbocycles. The van der Waals surface area contributed by atoms with E-state index in [2.05, 4.69) is 17.6 Å². The molecular weight excluding hydrogens is 334 g/mol. The van der Waals surface area contributed by atoms with E-state index in [-0.39, 0.29) is 18.4 Å². The lowest BCUT2D eigenvalue weighted by molar-refractivity contribution is -0.137. The Morgan fingerprint density at radius 3 is 2.27 bits per heavy atom. The molecule has 1 aromatic rings. The van der Waals surface area contributed by atoms with Crippen LogP contribution in [-0.2, 0) is 9.59 Å².